The Labute approximate surface area is 163 Å². The van der Waals surface area contributed by atoms with Crippen LogP contribution in [0.2, 0.25) is 0 Å². The fraction of sp³-hybridized carbons (Fsp3) is 0.227. The molecule has 0 fully saturated rings. The summed E-state index contributed by atoms with van der Waals surface area (Å²) in [5.74, 6) is 0. The Kier molecular flexibility index (Phi) is 4.50. The Morgan fingerprint density at radius 2 is 1.74 bits per heavy atom. The topological polar surface area (TPSA) is 64.7 Å². The maximum absolute atomic E-state index is 6.52. The molecular weight excluding hydrogens is 352 g/mol. The Morgan fingerprint density at radius 1 is 0.963 bits per heavy atom. The van der Waals surface area contributed by atoms with Crippen molar-refractivity contribution in [3.63, 3.8) is 0 Å². The highest BCUT2D eigenvalue weighted by molar-refractivity contribution is 7.17. The van der Waals surface area contributed by atoms with Crippen LogP contribution in [0.5, 0.6) is 0 Å². The number of benzene rings is 1. The fourth-order valence-corrected chi connectivity index (χ4v) is 4.12. The SMILES string of the molecule is CC(C)(C)c1ccc(-c2csc3ncnc(C(N)c4ccccn4)c23)cc1. The molecule has 0 amide bonds. The van der Waals surface area contributed by atoms with E-state index >= 15 is 0 Å². The van der Waals surface area contributed by atoms with Crippen molar-refractivity contribution in [2.24, 2.45) is 5.73 Å². The van der Waals surface area contributed by atoms with Gasteiger partial charge in [-0.2, -0.15) is 0 Å². The van der Waals surface area contributed by atoms with Gasteiger partial charge in [0.15, 0.2) is 0 Å². The summed E-state index contributed by atoms with van der Waals surface area (Å²) >= 11 is 1.62. The van der Waals surface area contributed by atoms with Crippen molar-refractivity contribution in [2.45, 2.75) is 32.2 Å². The second-order valence-electron chi connectivity index (χ2n) is 7.65. The molecule has 0 aliphatic carbocycles. The quantitative estimate of drug-likeness (QED) is 0.542. The molecule has 0 aliphatic rings. The van der Waals surface area contributed by atoms with Gasteiger partial charge in [0.25, 0.3) is 0 Å². The van der Waals surface area contributed by atoms with Gasteiger partial charge in [-0.3, -0.25) is 4.98 Å². The van der Waals surface area contributed by atoms with Gasteiger partial charge < -0.3 is 5.73 Å². The van der Waals surface area contributed by atoms with E-state index in [9.17, 15) is 0 Å². The summed E-state index contributed by atoms with van der Waals surface area (Å²) in [5, 5.41) is 3.16. The first-order valence-corrected chi connectivity index (χ1v) is 9.82. The molecule has 1 unspecified atom stereocenters. The first kappa shape index (κ1) is 17.8. The first-order valence-electron chi connectivity index (χ1n) is 8.94. The molecule has 0 radical (unpaired) electrons. The molecule has 4 nitrogen and oxygen atoms in total. The number of nitrogens with two attached hydrogens (primary N) is 1. The molecule has 3 heterocycles. The Bertz CT molecular complexity index is 1060. The summed E-state index contributed by atoms with van der Waals surface area (Å²) in [6.45, 7) is 6.67. The average Bonchev–Trinajstić information content (AvgIpc) is 3.12. The zero-order valence-electron chi connectivity index (χ0n) is 15.7. The van der Waals surface area contributed by atoms with Crippen LogP contribution in [-0.2, 0) is 5.41 Å². The van der Waals surface area contributed by atoms with Crippen molar-refractivity contribution in [2.75, 3.05) is 0 Å². The second kappa shape index (κ2) is 6.83. The van der Waals surface area contributed by atoms with Crippen molar-refractivity contribution in [3.05, 3.63) is 77.3 Å². The number of nitrogens with zero attached hydrogens (tertiary/aromatic N) is 3. The van der Waals surface area contributed by atoms with Gasteiger partial charge in [-0.05, 0) is 28.7 Å². The second-order valence-corrected chi connectivity index (χ2v) is 8.51. The van der Waals surface area contributed by atoms with Crippen LogP contribution in [0, 0.1) is 0 Å². The van der Waals surface area contributed by atoms with Crippen LogP contribution in [0.3, 0.4) is 0 Å². The van der Waals surface area contributed by atoms with Gasteiger partial charge in [0.05, 0.1) is 17.4 Å². The highest BCUT2D eigenvalue weighted by atomic mass is 32.1. The van der Waals surface area contributed by atoms with Gasteiger partial charge in [-0.1, -0.05) is 51.1 Å². The summed E-state index contributed by atoms with van der Waals surface area (Å²) in [7, 11) is 0. The van der Waals surface area contributed by atoms with E-state index < -0.39 is 0 Å². The molecule has 136 valence electrons. The van der Waals surface area contributed by atoms with Gasteiger partial charge in [-0.15, -0.1) is 11.3 Å². The van der Waals surface area contributed by atoms with E-state index in [1.54, 1.807) is 23.9 Å². The minimum Gasteiger partial charge on any atom is -0.318 e. The van der Waals surface area contributed by atoms with Crippen molar-refractivity contribution < 1.29 is 0 Å². The molecule has 4 rings (SSSR count). The maximum Gasteiger partial charge on any atom is 0.127 e. The minimum atomic E-state index is -0.390. The van der Waals surface area contributed by atoms with Gasteiger partial charge in [0.2, 0.25) is 0 Å². The molecule has 0 spiro atoms. The van der Waals surface area contributed by atoms with Crippen LogP contribution in [0.1, 0.15) is 43.8 Å². The third kappa shape index (κ3) is 3.36. The maximum atomic E-state index is 6.52. The lowest BCUT2D eigenvalue weighted by atomic mass is 9.86. The Morgan fingerprint density at radius 3 is 2.41 bits per heavy atom. The molecule has 3 aromatic heterocycles. The monoisotopic (exact) mass is 374 g/mol. The molecule has 1 aromatic carbocycles. The van der Waals surface area contributed by atoms with Crippen LogP contribution >= 0.6 is 11.3 Å². The smallest absolute Gasteiger partial charge is 0.127 e. The van der Waals surface area contributed by atoms with Crippen molar-refractivity contribution in [1.29, 1.82) is 0 Å². The number of aromatic nitrogens is 3. The predicted octanol–water partition coefficient (Wildman–Crippen LogP) is 5.10. The third-order valence-corrected chi connectivity index (χ3v) is 5.65. The lowest BCUT2D eigenvalue weighted by Gasteiger charge is -2.19. The van der Waals surface area contributed by atoms with Crippen LogP contribution in [-0.4, -0.2) is 15.0 Å². The van der Waals surface area contributed by atoms with Crippen molar-refractivity contribution in [1.82, 2.24) is 15.0 Å². The number of fused-ring (bicyclic) bond motifs is 1. The molecule has 4 aromatic rings. The number of thiophene rings is 1. The molecule has 0 saturated heterocycles. The Balaban J connectivity index is 1.83. The van der Waals surface area contributed by atoms with E-state index in [0.717, 1.165) is 32.7 Å². The van der Waals surface area contributed by atoms with Gasteiger partial charge in [0, 0.05) is 22.5 Å². The number of hydrogen-bond acceptors (Lipinski definition) is 5. The molecule has 27 heavy (non-hydrogen) atoms. The summed E-state index contributed by atoms with van der Waals surface area (Å²) in [6.07, 6.45) is 3.34. The lowest BCUT2D eigenvalue weighted by Crippen LogP contribution is -2.15. The van der Waals surface area contributed by atoms with E-state index in [4.69, 9.17) is 5.73 Å². The number of pyridine rings is 1. The minimum absolute atomic E-state index is 0.130. The first-order chi connectivity index (χ1) is 12.9. The van der Waals surface area contributed by atoms with E-state index in [2.05, 4.69) is 65.4 Å². The zero-order chi connectivity index (χ0) is 19.0. The highest BCUT2D eigenvalue weighted by Crippen LogP contribution is 2.37. The fourth-order valence-electron chi connectivity index (χ4n) is 3.20. The van der Waals surface area contributed by atoms with Crippen molar-refractivity contribution >= 4 is 21.6 Å². The molecule has 2 N–H and O–H groups in total. The Hall–Kier alpha value is -2.63. The zero-order valence-corrected chi connectivity index (χ0v) is 16.5. The molecule has 0 bridgehead atoms. The van der Waals surface area contributed by atoms with Gasteiger partial charge >= 0.3 is 0 Å². The molecule has 5 heteroatoms. The standard InChI is InChI=1S/C22H22N4S/c1-22(2,3)15-9-7-14(8-10-15)16-12-27-21-18(16)20(25-13-26-21)19(23)17-6-4-5-11-24-17/h4-13,19H,23H2,1-3H3. The van der Waals surface area contributed by atoms with E-state index in [0.29, 0.717) is 0 Å². The normalized spacial score (nSPS) is 13.0. The summed E-state index contributed by atoms with van der Waals surface area (Å²) < 4.78 is 0. The number of hydrogen-bond donors (Lipinski definition) is 1. The average molecular weight is 375 g/mol. The summed E-state index contributed by atoms with van der Waals surface area (Å²) in [6, 6.07) is 14.1. The van der Waals surface area contributed by atoms with Crippen LogP contribution in [0.25, 0.3) is 21.3 Å². The van der Waals surface area contributed by atoms with Gasteiger partial charge in [0.1, 0.15) is 11.2 Å². The molecule has 0 aliphatic heterocycles. The van der Waals surface area contributed by atoms with Crippen LogP contribution in [0.15, 0.2) is 60.4 Å². The predicted molar refractivity (Wildman–Crippen MR) is 112 cm³/mol. The molecule has 1 atom stereocenters. The summed E-state index contributed by atoms with van der Waals surface area (Å²) in [4.78, 5) is 14.3. The molecular formula is C22H22N4S. The largest absolute Gasteiger partial charge is 0.318 e. The van der Waals surface area contributed by atoms with Crippen LogP contribution < -0.4 is 5.73 Å². The van der Waals surface area contributed by atoms with E-state index in [-0.39, 0.29) is 11.5 Å². The van der Waals surface area contributed by atoms with Crippen molar-refractivity contribution in [3.8, 4) is 11.1 Å². The summed E-state index contributed by atoms with van der Waals surface area (Å²) in [5.41, 5.74) is 11.9. The van der Waals surface area contributed by atoms with Gasteiger partial charge in [-0.25, -0.2) is 9.97 Å². The lowest BCUT2D eigenvalue weighted by molar-refractivity contribution is 0.590. The third-order valence-electron chi connectivity index (χ3n) is 4.76. The van der Waals surface area contributed by atoms with E-state index in [1.807, 2.05) is 18.2 Å². The van der Waals surface area contributed by atoms with E-state index in [1.165, 1.54) is 5.56 Å². The highest BCUT2D eigenvalue weighted by Gasteiger charge is 2.20. The molecule has 0 saturated carbocycles. The van der Waals surface area contributed by atoms with Crippen LogP contribution in [0.4, 0.5) is 0 Å². The number of rotatable bonds is 3.